The molecule has 20 heavy (non-hydrogen) atoms. The minimum absolute atomic E-state index is 0.346. The van der Waals surface area contributed by atoms with E-state index in [9.17, 15) is 0 Å². The largest absolute Gasteiger partial charge is 0.444 e. The number of hydrogen-bond acceptors (Lipinski definition) is 5. The molecule has 6 heteroatoms. The number of nitrogen functional groups attached to an aromatic ring is 1. The number of aryl methyl sites for hydroxylation is 1. The van der Waals surface area contributed by atoms with Gasteiger partial charge in [-0.15, -0.1) is 0 Å². The third-order valence-electron chi connectivity index (χ3n) is 3.17. The van der Waals surface area contributed by atoms with Gasteiger partial charge in [-0.05, 0) is 12.1 Å². The number of oxazole rings is 1. The number of imidazole rings is 1. The average Bonchev–Trinajstić information content (AvgIpc) is 3.04. The van der Waals surface area contributed by atoms with E-state index in [1.807, 2.05) is 19.1 Å². The number of benzene rings is 1. The molecule has 2 heterocycles. The first kappa shape index (κ1) is 12.2. The van der Waals surface area contributed by atoms with E-state index in [1.54, 1.807) is 16.8 Å². The van der Waals surface area contributed by atoms with Crippen molar-refractivity contribution in [3.05, 3.63) is 41.6 Å². The number of para-hydroxylation sites is 1. The lowest BCUT2D eigenvalue weighted by atomic mass is 10.2. The first-order chi connectivity index (χ1) is 9.72. The zero-order chi connectivity index (χ0) is 14.1. The van der Waals surface area contributed by atoms with E-state index < -0.39 is 0 Å². The number of aromatic nitrogens is 3. The van der Waals surface area contributed by atoms with Crippen molar-refractivity contribution in [2.45, 2.75) is 19.9 Å². The highest BCUT2D eigenvalue weighted by Crippen LogP contribution is 2.22. The summed E-state index contributed by atoms with van der Waals surface area (Å²) in [5.74, 6) is 1.76. The summed E-state index contributed by atoms with van der Waals surface area (Å²) >= 11 is 0. The number of nitrogens with two attached hydrogens (primary N) is 1. The third kappa shape index (κ3) is 1.89. The molecule has 0 aliphatic rings. The fourth-order valence-electron chi connectivity index (χ4n) is 2.14. The molecule has 0 aliphatic carbocycles. The Morgan fingerprint density at radius 3 is 3.00 bits per heavy atom. The molecule has 100 valence electrons. The van der Waals surface area contributed by atoms with Crippen LogP contribution < -0.4 is 5.73 Å². The lowest BCUT2D eigenvalue weighted by Crippen LogP contribution is -2.04. The second-order valence-corrected chi connectivity index (χ2v) is 4.42. The van der Waals surface area contributed by atoms with Crippen molar-refractivity contribution in [3.63, 3.8) is 0 Å². The van der Waals surface area contributed by atoms with Gasteiger partial charge in [0.25, 0.3) is 0 Å². The Hall–Kier alpha value is -2.81. The van der Waals surface area contributed by atoms with Crippen LogP contribution in [-0.2, 0) is 13.0 Å². The molecule has 2 N–H and O–H groups in total. The summed E-state index contributed by atoms with van der Waals surface area (Å²) in [5, 5.41) is 9.09. The van der Waals surface area contributed by atoms with Crippen LogP contribution >= 0.6 is 0 Å². The SMILES string of the molecule is CCc1cnc(Cn2c(N)nc3c(C#N)cccc32)o1. The molecule has 3 rings (SSSR count). The molecule has 0 fully saturated rings. The molecule has 0 radical (unpaired) electrons. The zero-order valence-electron chi connectivity index (χ0n) is 11.0. The van der Waals surface area contributed by atoms with E-state index in [0.29, 0.717) is 29.5 Å². The predicted molar refractivity (Wildman–Crippen MR) is 73.8 cm³/mol. The second-order valence-electron chi connectivity index (χ2n) is 4.42. The van der Waals surface area contributed by atoms with Crippen molar-refractivity contribution in [1.29, 1.82) is 5.26 Å². The summed E-state index contributed by atoms with van der Waals surface area (Å²) < 4.78 is 7.38. The molecular weight excluding hydrogens is 254 g/mol. The molecule has 0 spiro atoms. The van der Waals surface area contributed by atoms with Crippen LogP contribution in [0.1, 0.15) is 24.1 Å². The van der Waals surface area contributed by atoms with Gasteiger partial charge in [0.1, 0.15) is 23.9 Å². The van der Waals surface area contributed by atoms with Crippen molar-refractivity contribution in [2.24, 2.45) is 0 Å². The van der Waals surface area contributed by atoms with E-state index in [0.717, 1.165) is 17.7 Å². The molecule has 0 saturated heterocycles. The monoisotopic (exact) mass is 267 g/mol. The van der Waals surface area contributed by atoms with Crippen LogP contribution in [0.2, 0.25) is 0 Å². The van der Waals surface area contributed by atoms with Crippen LogP contribution in [0.15, 0.2) is 28.8 Å². The Bertz CT molecular complexity index is 809. The lowest BCUT2D eigenvalue weighted by Gasteiger charge is -2.03. The van der Waals surface area contributed by atoms with Crippen LogP contribution in [0.4, 0.5) is 5.95 Å². The number of rotatable bonds is 3. The third-order valence-corrected chi connectivity index (χ3v) is 3.17. The smallest absolute Gasteiger partial charge is 0.214 e. The molecule has 2 aromatic heterocycles. The Morgan fingerprint density at radius 1 is 1.45 bits per heavy atom. The molecule has 1 aromatic carbocycles. The maximum Gasteiger partial charge on any atom is 0.214 e. The zero-order valence-corrected chi connectivity index (χ0v) is 11.0. The molecule has 6 nitrogen and oxygen atoms in total. The number of nitrogens with zero attached hydrogens (tertiary/aromatic N) is 4. The van der Waals surface area contributed by atoms with Gasteiger partial charge in [0.05, 0.1) is 17.3 Å². The van der Waals surface area contributed by atoms with Crippen LogP contribution in [-0.4, -0.2) is 14.5 Å². The Labute approximate surface area is 115 Å². The Balaban J connectivity index is 2.07. The van der Waals surface area contributed by atoms with Gasteiger partial charge in [0, 0.05) is 6.42 Å². The maximum atomic E-state index is 9.09. The summed E-state index contributed by atoms with van der Waals surface area (Å²) in [6, 6.07) is 7.53. The maximum absolute atomic E-state index is 9.09. The van der Waals surface area contributed by atoms with Gasteiger partial charge >= 0.3 is 0 Å². The molecule has 0 unspecified atom stereocenters. The molecule has 0 amide bonds. The van der Waals surface area contributed by atoms with Gasteiger partial charge in [0.15, 0.2) is 0 Å². The Kier molecular flexibility index (Phi) is 2.88. The van der Waals surface area contributed by atoms with E-state index >= 15 is 0 Å². The van der Waals surface area contributed by atoms with E-state index in [4.69, 9.17) is 15.4 Å². The van der Waals surface area contributed by atoms with Gasteiger partial charge in [-0.25, -0.2) is 9.97 Å². The van der Waals surface area contributed by atoms with Crippen LogP contribution in [0.5, 0.6) is 0 Å². The van der Waals surface area contributed by atoms with Gasteiger partial charge in [-0.3, -0.25) is 0 Å². The minimum Gasteiger partial charge on any atom is -0.444 e. The van der Waals surface area contributed by atoms with Gasteiger partial charge in [-0.2, -0.15) is 5.26 Å². The topological polar surface area (TPSA) is 93.7 Å². The van der Waals surface area contributed by atoms with E-state index in [-0.39, 0.29) is 0 Å². The van der Waals surface area contributed by atoms with Crippen molar-refractivity contribution in [1.82, 2.24) is 14.5 Å². The molecule has 0 atom stereocenters. The number of nitriles is 1. The number of hydrogen-bond donors (Lipinski definition) is 1. The highest BCUT2D eigenvalue weighted by molar-refractivity contribution is 5.84. The highest BCUT2D eigenvalue weighted by atomic mass is 16.4. The van der Waals surface area contributed by atoms with Crippen molar-refractivity contribution in [3.8, 4) is 6.07 Å². The fraction of sp³-hybridized carbons (Fsp3) is 0.214. The standard InChI is InChI=1S/C14H13N5O/c1-2-10-7-17-12(20-10)8-19-11-5-3-4-9(6-15)13(11)18-14(19)16/h3-5,7H,2,8H2,1H3,(H2,16,18). The molecule has 0 aliphatic heterocycles. The number of fused-ring (bicyclic) bond motifs is 1. The predicted octanol–water partition coefficient (Wildman–Crippen LogP) is 2.09. The summed E-state index contributed by atoms with van der Waals surface area (Å²) in [5.41, 5.74) is 7.86. The van der Waals surface area contributed by atoms with Crippen LogP contribution in [0, 0.1) is 11.3 Å². The molecule has 0 bridgehead atoms. The van der Waals surface area contributed by atoms with Crippen molar-refractivity contribution in [2.75, 3.05) is 5.73 Å². The highest BCUT2D eigenvalue weighted by Gasteiger charge is 2.13. The summed E-state index contributed by atoms with van der Waals surface area (Å²) in [6.07, 6.45) is 2.51. The number of anilines is 1. The molecule has 0 saturated carbocycles. The van der Waals surface area contributed by atoms with Gasteiger partial charge < -0.3 is 14.7 Å². The summed E-state index contributed by atoms with van der Waals surface area (Å²) in [4.78, 5) is 8.47. The summed E-state index contributed by atoms with van der Waals surface area (Å²) in [7, 11) is 0. The molecular formula is C14H13N5O. The fourth-order valence-corrected chi connectivity index (χ4v) is 2.14. The first-order valence-corrected chi connectivity index (χ1v) is 6.31. The van der Waals surface area contributed by atoms with Crippen LogP contribution in [0.25, 0.3) is 11.0 Å². The second kappa shape index (κ2) is 4.70. The van der Waals surface area contributed by atoms with E-state index in [1.165, 1.54) is 0 Å². The minimum atomic E-state index is 0.346. The van der Waals surface area contributed by atoms with E-state index in [2.05, 4.69) is 16.0 Å². The normalized spacial score (nSPS) is 10.8. The van der Waals surface area contributed by atoms with Crippen molar-refractivity contribution < 1.29 is 4.42 Å². The molecule has 3 aromatic rings. The van der Waals surface area contributed by atoms with Crippen LogP contribution in [0.3, 0.4) is 0 Å². The average molecular weight is 267 g/mol. The summed E-state index contributed by atoms with van der Waals surface area (Å²) in [6.45, 7) is 2.40. The lowest BCUT2D eigenvalue weighted by molar-refractivity contribution is 0.449. The van der Waals surface area contributed by atoms with Gasteiger partial charge in [0.2, 0.25) is 11.8 Å². The first-order valence-electron chi connectivity index (χ1n) is 6.31. The van der Waals surface area contributed by atoms with Crippen molar-refractivity contribution >= 4 is 17.0 Å². The Morgan fingerprint density at radius 2 is 2.30 bits per heavy atom. The quantitative estimate of drug-likeness (QED) is 0.784. The van der Waals surface area contributed by atoms with Gasteiger partial charge in [-0.1, -0.05) is 13.0 Å².